The van der Waals surface area contributed by atoms with Crippen LogP contribution in [0.15, 0.2) is 28.3 Å². The molecule has 15 nitrogen and oxygen atoms in total. The first kappa shape index (κ1) is 74.8. The van der Waals surface area contributed by atoms with E-state index in [0.717, 1.165) is 29.9 Å². The van der Waals surface area contributed by atoms with Gasteiger partial charge in [0.05, 0.1) is 125 Å². The molecule has 464 valence electrons. The van der Waals surface area contributed by atoms with Crippen molar-refractivity contribution in [2.45, 2.75) is 226 Å². The summed E-state index contributed by atoms with van der Waals surface area (Å²) in [5.74, 6) is 7.37. The highest BCUT2D eigenvalue weighted by atomic mass is 31.2. The van der Waals surface area contributed by atoms with Crippen LogP contribution in [-0.2, 0) is 49.0 Å². The molecule has 0 saturated heterocycles. The highest BCUT2D eigenvalue weighted by Gasteiger charge is 2.09. The Kier molecular flexibility index (Phi) is 57.2. The van der Waals surface area contributed by atoms with Crippen molar-refractivity contribution in [3.8, 4) is 11.5 Å². The van der Waals surface area contributed by atoms with Gasteiger partial charge in [-0.3, -0.25) is 9.56 Å². The summed E-state index contributed by atoms with van der Waals surface area (Å²) < 4.78 is 68.0. The van der Waals surface area contributed by atoms with Crippen LogP contribution in [0.1, 0.15) is 225 Å². The zero-order valence-electron chi connectivity index (χ0n) is 50.9. The molecule has 0 bridgehead atoms. The minimum absolute atomic E-state index is 0.153. The largest absolute Gasteiger partial charge is 0.493 e. The molecule has 1 rings (SSSR count). The predicted molar refractivity (Wildman–Crippen MR) is 328 cm³/mol. The summed E-state index contributed by atoms with van der Waals surface area (Å²) in [4.78, 5) is 13.9. The van der Waals surface area contributed by atoms with Crippen LogP contribution in [0.2, 0.25) is 0 Å². The molecule has 79 heavy (non-hydrogen) atoms. The molecule has 0 heterocycles. The number of nitrogens with zero attached hydrogens (tertiary/aromatic N) is 2. The Bertz CT molecular complexity index is 1470. The Hall–Kier alpha value is -2.17. The maximum atomic E-state index is 11.2. The molecule has 0 amide bonds. The fraction of sp³-hybridized carbons (Fsp3) is 0.873. The minimum Gasteiger partial charge on any atom is -0.493 e. The van der Waals surface area contributed by atoms with Crippen LogP contribution >= 0.6 is 7.37 Å². The van der Waals surface area contributed by atoms with Crippen molar-refractivity contribution < 1.29 is 56.8 Å². The van der Waals surface area contributed by atoms with E-state index in [1.54, 1.807) is 6.21 Å². The average Bonchev–Trinajstić information content (AvgIpc) is 3.44. The van der Waals surface area contributed by atoms with Crippen LogP contribution in [0, 0.1) is 0 Å². The van der Waals surface area contributed by atoms with E-state index in [-0.39, 0.29) is 19.4 Å². The van der Waals surface area contributed by atoms with Crippen LogP contribution in [0.25, 0.3) is 0 Å². The Morgan fingerprint density at radius 3 is 0.987 bits per heavy atom. The predicted octanol–water partition coefficient (Wildman–Crippen LogP) is 14.9. The highest BCUT2D eigenvalue weighted by Crippen LogP contribution is 2.34. The topological polar surface area (TPSA) is 180 Å². The van der Waals surface area contributed by atoms with Crippen LogP contribution < -0.4 is 15.3 Å². The number of hydrogen-bond donors (Lipinski definition) is 2. The SMILES string of the molecule is CCCCCCCCCCCCCCCCCCOc1cc(CN=CC(COCCOCCOCCOCCOCCOCCOCCOCCP(C)(=O)O)=NN)cc(OCCCCCCCCCCCCCCCCCC)c1. The third-order valence-electron chi connectivity index (χ3n) is 13.7. The van der Waals surface area contributed by atoms with Crippen molar-refractivity contribution in [1.29, 1.82) is 0 Å². The smallest absolute Gasteiger partial charge is 0.199 e. The van der Waals surface area contributed by atoms with Gasteiger partial charge in [-0.1, -0.05) is 206 Å². The van der Waals surface area contributed by atoms with E-state index in [2.05, 4.69) is 36.1 Å². The Balaban J connectivity index is 2.27. The molecule has 0 saturated carbocycles. The molecule has 0 spiro atoms. The van der Waals surface area contributed by atoms with Gasteiger partial charge in [0.1, 0.15) is 17.2 Å². The van der Waals surface area contributed by atoms with Gasteiger partial charge in [0.25, 0.3) is 0 Å². The molecule has 0 aliphatic rings. The van der Waals surface area contributed by atoms with Crippen molar-refractivity contribution >= 4 is 19.3 Å². The van der Waals surface area contributed by atoms with Gasteiger partial charge in [-0.05, 0) is 30.5 Å². The summed E-state index contributed by atoms with van der Waals surface area (Å²) in [6, 6.07) is 6.18. The number of nitrogens with two attached hydrogens (primary N) is 1. The zero-order valence-corrected chi connectivity index (χ0v) is 51.8. The molecular weight excluding hydrogens is 1020 g/mol. The fourth-order valence-electron chi connectivity index (χ4n) is 8.88. The summed E-state index contributed by atoms with van der Waals surface area (Å²) >= 11 is 0. The Labute approximate surface area is 483 Å². The van der Waals surface area contributed by atoms with Gasteiger partial charge in [0, 0.05) is 25.1 Å². The highest BCUT2D eigenvalue weighted by molar-refractivity contribution is 7.57. The van der Waals surface area contributed by atoms with E-state index in [1.165, 1.54) is 199 Å². The Morgan fingerprint density at radius 2 is 0.696 bits per heavy atom. The van der Waals surface area contributed by atoms with Crippen molar-refractivity contribution in [2.24, 2.45) is 15.9 Å². The first-order valence-corrected chi connectivity index (χ1v) is 34.2. The summed E-state index contributed by atoms with van der Waals surface area (Å²) in [7, 11) is -3.02. The first-order valence-electron chi connectivity index (χ1n) is 31.9. The van der Waals surface area contributed by atoms with E-state index in [4.69, 9.17) is 53.2 Å². The number of unbranched alkanes of at least 4 members (excludes halogenated alkanes) is 30. The molecule has 1 unspecified atom stereocenters. The first-order chi connectivity index (χ1) is 38.9. The molecule has 0 aliphatic heterocycles. The third-order valence-corrected chi connectivity index (χ3v) is 14.7. The quantitative estimate of drug-likeness (QED) is 0.0207. The molecular formula is C63H120N3O12P. The average molecular weight is 1140 g/mol. The maximum absolute atomic E-state index is 11.2. The summed E-state index contributed by atoms with van der Waals surface area (Å²) in [5, 5.41) is 3.89. The number of hydrazone groups is 1. The number of ether oxygens (including phenoxy) is 10. The number of aliphatic imine (C=N–C) groups is 1. The maximum Gasteiger partial charge on any atom is 0.199 e. The molecule has 3 N–H and O–H groups in total. The van der Waals surface area contributed by atoms with Crippen LogP contribution in [-0.4, -0.2) is 149 Å². The summed E-state index contributed by atoms with van der Waals surface area (Å²) in [6.45, 7) is 14.5. The van der Waals surface area contributed by atoms with E-state index >= 15 is 0 Å². The van der Waals surface area contributed by atoms with Gasteiger partial charge in [-0.15, -0.1) is 0 Å². The zero-order chi connectivity index (χ0) is 56.9. The summed E-state index contributed by atoms with van der Waals surface area (Å²) in [5.41, 5.74) is 1.56. The Morgan fingerprint density at radius 1 is 0.418 bits per heavy atom. The van der Waals surface area contributed by atoms with Crippen LogP contribution in [0.4, 0.5) is 0 Å². The lowest BCUT2D eigenvalue weighted by atomic mass is 10.0. The van der Waals surface area contributed by atoms with E-state index in [1.807, 2.05) is 6.07 Å². The van der Waals surface area contributed by atoms with Gasteiger partial charge in [-0.2, -0.15) is 5.10 Å². The van der Waals surface area contributed by atoms with Crippen LogP contribution in [0.5, 0.6) is 11.5 Å². The van der Waals surface area contributed by atoms with Gasteiger partial charge in [0.2, 0.25) is 0 Å². The second-order valence-corrected chi connectivity index (χ2v) is 23.9. The van der Waals surface area contributed by atoms with Crippen molar-refractivity contribution in [3.63, 3.8) is 0 Å². The number of benzene rings is 1. The molecule has 0 aromatic heterocycles. The lowest BCUT2D eigenvalue weighted by Gasteiger charge is -2.12. The fourth-order valence-corrected chi connectivity index (χ4v) is 9.35. The minimum atomic E-state index is -3.02. The van der Waals surface area contributed by atoms with Crippen molar-refractivity contribution in [1.82, 2.24) is 0 Å². The molecule has 1 atom stereocenters. The van der Waals surface area contributed by atoms with Gasteiger partial charge in [-0.25, -0.2) is 0 Å². The molecule has 0 radical (unpaired) electrons. The van der Waals surface area contributed by atoms with E-state index in [9.17, 15) is 9.46 Å². The molecule has 0 fully saturated rings. The normalized spacial score (nSPS) is 12.8. The number of rotatable bonds is 65. The van der Waals surface area contributed by atoms with Gasteiger partial charge in [0.15, 0.2) is 7.37 Å². The molecule has 0 aliphatic carbocycles. The lowest BCUT2D eigenvalue weighted by molar-refractivity contribution is -0.0221. The molecule has 16 heteroatoms. The van der Waals surface area contributed by atoms with Crippen LogP contribution in [0.3, 0.4) is 0 Å². The summed E-state index contributed by atoms with van der Waals surface area (Å²) in [6.07, 6.45) is 45.1. The monoisotopic (exact) mass is 1140 g/mol. The lowest BCUT2D eigenvalue weighted by Crippen LogP contribution is -2.17. The third kappa shape index (κ3) is 57.4. The standard InChI is InChI=1S/C63H120N3O12P/c1-4-6-8-10-12-14-16-18-20-22-24-26-28-30-32-34-36-77-62-54-60(55-63(56-62)78-37-35-33-31-29-27-25-23-21-19-17-15-13-11-9-7-5-2)57-65-58-61(66-64)59-76-51-50-74-47-46-72-43-42-70-39-38-69-40-41-71-44-45-73-48-49-75-52-53-79(3,67)68/h54-56,58H,4-53,57,59,64H2,1-3H3,(H,67,68). The van der Waals surface area contributed by atoms with E-state index < -0.39 is 7.37 Å². The second-order valence-electron chi connectivity index (χ2n) is 21.3. The molecule has 1 aromatic rings. The van der Waals surface area contributed by atoms with Gasteiger partial charge < -0.3 is 58.1 Å². The van der Waals surface area contributed by atoms with E-state index in [0.29, 0.717) is 118 Å². The number of hydrogen-bond acceptors (Lipinski definition) is 14. The second kappa shape index (κ2) is 60.4. The van der Waals surface area contributed by atoms with Gasteiger partial charge >= 0.3 is 0 Å². The molecule has 1 aromatic carbocycles. The van der Waals surface area contributed by atoms with Crippen molar-refractivity contribution in [3.05, 3.63) is 23.8 Å². The van der Waals surface area contributed by atoms with Crippen molar-refractivity contribution in [2.75, 3.05) is 132 Å².